The number of aromatic hydroxyl groups is 2. The van der Waals surface area contributed by atoms with Crippen LogP contribution in [0.2, 0.25) is 0 Å². The maximum atomic E-state index is 10.3. The molecule has 0 saturated heterocycles. The summed E-state index contributed by atoms with van der Waals surface area (Å²) in [6.07, 6.45) is 0. The molecule has 2 aromatic carbocycles. The van der Waals surface area contributed by atoms with Crippen molar-refractivity contribution in [2.75, 3.05) is 6.54 Å². The average Bonchev–Trinajstić information content (AvgIpc) is 2.44. The number of phenols is 2. The third-order valence-corrected chi connectivity index (χ3v) is 4.40. The predicted octanol–water partition coefficient (Wildman–Crippen LogP) is 4.35. The topological polar surface area (TPSA) is 43.7 Å². The lowest BCUT2D eigenvalue weighted by Gasteiger charge is -2.24. The highest BCUT2D eigenvalue weighted by atomic mass is 16.3. The van der Waals surface area contributed by atoms with E-state index in [2.05, 4.69) is 24.0 Å². The van der Waals surface area contributed by atoms with E-state index in [-0.39, 0.29) is 0 Å². The van der Waals surface area contributed by atoms with Gasteiger partial charge in [-0.25, -0.2) is 0 Å². The number of nitrogens with zero attached hydrogens (tertiary/aromatic N) is 1. The first-order valence-corrected chi connectivity index (χ1v) is 8.12. The van der Waals surface area contributed by atoms with E-state index in [0.29, 0.717) is 24.6 Å². The zero-order chi connectivity index (χ0) is 17.1. The van der Waals surface area contributed by atoms with Gasteiger partial charge in [-0.2, -0.15) is 0 Å². The molecule has 0 amide bonds. The highest BCUT2D eigenvalue weighted by Gasteiger charge is 2.14. The van der Waals surface area contributed by atoms with Crippen LogP contribution in [0, 0.1) is 27.7 Å². The Morgan fingerprint density at radius 3 is 1.43 bits per heavy atom. The molecule has 0 spiro atoms. The van der Waals surface area contributed by atoms with E-state index in [1.165, 1.54) is 0 Å². The van der Waals surface area contributed by atoms with E-state index in [0.717, 1.165) is 39.9 Å². The quantitative estimate of drug-likeness (QED) is 0.862. The fourth-order valence-corrected chi connectivity index (χ4v) is 3.09. The minimum atomic E-state index is 0.353. The molecule has 23 heavy (non-hydrogen) atoms. The lowest BCUT2D eigenvalue weighted by atomic mass is 10.0. The van der Waals surface area contributed by atoms with Gasteiger partial charge in [-0.05, 0) is 68.6 Å². The Labute approximate surface area is 139 Å². The molecule has 0 saturated carbocycles. The summed E-state index contributed by atoms with van der Waals surface area (Å²) >= 11 is 0. The highest BCUT2D eigenvalue weighted by Crippen LogP contribution is 2.28. The zero-order valence-electron chi connectivity index (χ0n) is 14.8. The maximum Gasteiger partial charge on any atom is 0.120 e. The predicted molar refractivity (Wildman–Crippen MR) is 94.9 cm³/mol. The third-order valence-electron chi connectivity index (χ3n) is 4.40. The van der Waals surface area contributed by atoms with Gasteiger partial charge in [-0.1, -0.05) is 19.1 Å². The normalized spacial score (nSPS) is 11.2. The number of hydrogen-bond acceptors (Lipinski definition) is 3. The molecule has 0 heterocycles. The van der Waals surface area contributed by atoms with Gasteiger partial charge in [0.2, 0.25) is 0 Å². The van der Waals surface area contributed by atoms with Crippen molar-refractivity contribution in [1.82, 2.24) is 4.90 Å². The van der Waals surface area contributed by atoms with Crippen LogP contribution in [0.25, 0.3) is 0 Å². The summed E-state index contributed by atoms with van der Waals surface area (Å²) in [7, 11) is 0. The van der Waals surface area contributed by atoms with Crippen molar-refractivity contribution in [1.29, 1.82) is 0 Å². The second kappa shape index (κ2) is 7.05. The van der Waals surface area contributed by atoms with Gasteiger partial charge in [0, 0.05) is 24.2 Å². The van der Waals surface area contributed by atoms with Gasteiger partial charge in [0.05, 0.1) is 0 Å². The summed E-state index contributed by atoms with van der Waals surface area (Å²) in [5, 5.41) is 20.5. The summed E-state index contributed by atoms with van der Waals surface area (Å²) in [6.45, 7) is 12.3. The summed E-state index contributed by atoms with van der Waals surface area (Å²) in [6, 6.07) is 7.81. The molecule has 0 aromatic heterocycles. The van der Waals surface area contributed by atoms with Crippen LogP contribution in [0.4, 0.5) is 0 Å². The van der Waals surface area contributed by atoms with Gasteiger partial charge in [-0.3, -0.25) is 4.90 Å². The largest absolute Gasteiger partial charge is 0.508 e. The first-order chi connectivity index (χ1) is 10.8. The molecule has 3 nitrogen and oxygen atoms in total. The van der Waals surface area contributed by atoms with Crippen molar-refractivity contribution >= 4 is 0 Å². The Balaban J connectivity index is 2.26. The van der Waals surface area contributed by atoms with E-state index in [1.807, 2.05) is 39.8 Å². The molecule has 2 aromatic rings. The molecule has 124 valence electrons. The zero-order valence-corrected chi connectivity index (χ0v) is 14.8. The number of benzene rings is 2. The van der Waals surface area contributed by atoms with Crippen molar-refractivity contribution in [3.05, 3.63) is 57.6 Å². The van der Waals surface area contributed by atoms with E-state index < -0.39 is 0 Å². The van der Waals surface area contributed by atoms with Crippen molar-refractivity contribution in [3.8, 4) is 11.5 Å². The van der Waals surface area contributed by atoms with E-state index in [4.69, 9.17) is 0 Å². The van der Waals surface area contributed by atoms with Crippen LogP contribution in [0.5, 0.6) is 11.5 Å². The molecule has 2 N–H and O–H groups in total. The monoisotopic (exact) mass is 313 g/mol. The van der Waals surface area contributed by atoms with Gasteiger partial charge in [-0.15, -0.1) is 0 Å². The summed E-state index contributed by atoms with van der Waals surface area (Å²) in [5.41, 5.74) is 6.26. The molecule has 0 aliphatic rings. The number of rotatable bonds is 5. The molecule has 2 rings (SSSR count). The van der Waals surface area contributed by atoms with Crippen LogP contribution in [0.15, 0.2) is 24.3 Å². The second-order valence-corrected chi connectivity index (χ2v) is 6.46. The molecular formula is C20H27NO2. The molecule has 3 heteroatoms. The van der Waals surface area contributed by atoms with Gasteiger partial charge in [0.25, 0.3) is 0 Å². The molecular weight excluding hydrogens is 286 g/mol. The minimum Gasteiger partial charge on any atom is -0.508 e. The SMILES string of the molecule is CCN(Cc1c(C)cc(C)cc1O)Cc1c(C)cc(C)cc1O. The van der Waals surface area contributed by atoms with Crippen molar-refractivity contribution < 1.29 is 10.2 Å². The summed E-state index contributed by atoms with van der Waals surface area (Å²) in [4.78, 5) is 2.23. The van der Waals surface area contributed by atoms with Crippen LogP contribution < -0.4 is 0 Å². The van der Waals surface area contributed by atoms with Crippen LogP contribution in [-0.2, 0) is 13.1 Å². The third kappa shape index (κ3) is 4.05. The van der Waals surface area contributed by atoms with Crippen molar-refractivity contribution in [3.63, 3.8) is 0 Å². The molecule has 0 aliphatic heterocycles. The maximum absolute atomic E-state index is 10.3. The Kier molecular flexibility index (Phi) is 5.32. The number of aryl methyl sites for hydroxylation is 4. The first-order valence-electron chi connectivity index (χ1n) is 8.12. The highest BCUT2D eigenvalue weighted by molar-refractivity contribution is 5.43. The van der Waals surface area contributed by atoms with Gasteiger partial charge in [0.15, 0.2) is 0 Å². The van der Waals surface area contributed by atoms with Gasteiger partial charge in [0.1, 0.15) is 11.5 Å². The molecule has 0 atom stereocenters. The second-order valence-electron chi connectivity index (χ2n) is 6.46. The molecule has 0 bridgehead atoms. The Hall–Kier alpha value is -2.00. The average molecular weight is 313 g/mol. The van der Waals surface area contributed by atoms with E-state index in [1.54, 1.807) is 0 Å². The summed E-state index contributed by atoms with van der Waals surface area (Å²) < 4.78 is 0. The van der Waals surface area contributed by atoms with Gasteiger partial charge >= 0.3 is 0 Å². The molecule has 0 unspecified atom stereocenters. The first kappa shape index (κ1) is 17.4. The van der Waals surface area contributed by atoms with Gasteiger partial charge < -0.3 is 10.2 Å². The van der Waals surface area contributed by atoms with E-state index >= 15 is 0 Å². The lowest BCUT2D eigenvalue weighted by molar-refractivity contribution is 0.262. The van der Waals surface area contributed by atoms with Crippen LogP contribution in [-0.4, -0.2) is 21.7 Å². The Morgan fingerprint density at radius 2 is 1.13 bits per heavy atom. The van der Waals surface area contributed by atoms with Crippen LogP contribution in [0.3, 0.4) is 0 Å². The standard InChI is InChI=1S/C20H27NO2/c1-6-21(11-17-15(4)7-13(2)9-19(17)22)12-18-16(5)8-14(3)10-20(18)23/h7-10,22-23H,6,11-12H2,1-5H3. The molecule has 0 aliphatic carbocycles. The van der Waals surface area contributed by atoms with Crippen LogP contribution >= 0.6 is 0 Å². The fraction of sp³-hybridized carbons (Fsp3) is 0.400. The van der Waals surface area contributed by atoms with Crippen LogP contribution in [0.1, 0.15) is 40.3 Å². The smallest absolute Gasteiger partial charge is 0.120 e. The molecule has 0 radical (unpaired) electrons. The Bertz CT molecular complexity index is 601. The molecule has 0 fully saturated rings. The van der Waals surface area contributed by atoms with E-state index in [9.17, 15) is 10.2 Å². The number of hydrogen-bond donors (Lipinski definition) is 2. The minimum absolute atomic E-state index is 0.353. The summed E-state index contributed by atoms with van der Waals surface area (Å²) in [5.74, 6) is 0.705. The fourth-order valence-electron chi connectivity index (χ4n) is 3.09. The van der Waals surface area contributed by atoms with Crippen molar-refractivity contribution in [2.45, 2.75) is 47.7 Å². The van der Waals surface area contributed by atoms with Crippen molar-refractivity contribution in [2.24, 2.45) is 0 Å². The Morgan fingerprint density at radius 1 is 0.739 bits per heavy atom. The lowest BCUT2D eigenvalue weighted by Crippen LogP contribution is -2.23. The number of phenolic OH excluding ortho intramolecular Hbond substituents is 2.